The van der Waals surface area contributed by atoms with Crippen molar-refractivity contribution >= 4 is 35.7 Å². The van der Waals surface area contributed by atoms with E-state index in [0.29, 0.717) is 30.9 Å². The number of carboxylic acid groups (broad SMARTS) is 2. The lowest BCUT2D eigenvalue weighted by atomic mass is 10.1. The van der Waals surface area contributed by atoms with E-state index in [2.05, 4.69) is 4.98 Å². The van der Waals surface area contributed by atoms with Crippen LogP contribution in [0.4, 0.5) is 18.0 Å². The molecule has 15 heteroatoms. The first-order valence-electron chi connectivity index (χ1n) is 12.8. The molecular weight excluding hydrogens is 583 g/mol. The second kappa shape index (κ2) is 17.2. The number of amides is 2. The van der Waals surface area contributed by atoms with Gasteiger partial charge in [0.15, 0.2) is 11.8 Å². The van der Waals surface area contributed by atoms with E-state index in [1.54, 1.807) is 23.2 Å². The van der Waals surface area contributed by atoms with Crippen LogP contribution in [0.5, 0.6) is 5.75 Å². The number of thioether (sulfide) groups is 1. The van der Waals surface area contributed by atoms with Crippen LogP contribution in [0.1, 0.15) is 31.2 Å². The van der Waals surface area contributed by atoms with Gasteiger partial charge in [-0.2, -0.15) is 24.9 Å². The number of alkyl halides is 3. The van der Waals surface area contributed by atoms with E-state index >= 15 is 0 Å². The zero-order valence-electron chi connectivity index (χ0n) is 22.7. The zero-order chi connectivity index (χ0) is 31.1. The Labute approximate surface area is 244 Å². The molecule has 2 heterocycles. The predicted octanol–water partition coefficient (Wildman–Crippen LogP) is 4.28. The number of hydrogen-bond donors (Lipinski definition) is 2. The van der Waals surface area contributed by atoms with Crippen LogP contribution < -0.4 is 4.74 Å². The number of nitrogens with zero attached hydrogens (tertiary/aromatic N) is 3. The quantitative estimate of drug-likeness (QED) is 0.332. The Balaban J connectivity index is 0.000000782. The summed E-state index contributed by atoms with van der Waals surface area (Å²) in [5.41, 5.74) is 0.983. The van der Waals surface area contributed by atoms with Crippen molar-refractivity contribution in [2.75, 3.05) is 25.2 Å². The van der Waals surface area contributed by atoms with Gasteiger partial charge in [0.25, 0.3) is 0 Å². The molecule has 2 amide bonds. The number of halogens is 3. The third-order valence-electron chi connectivity index (χ3n) is 5.98. The fourth-order valence-corrected chi connectivity index (χ4v) is 4.35. The van der Waals surface area contributed by atoms with E-state index in [0.717, 1.165) is 17.0 Å². The zero-order valence-corrected chi connectivity index (χ0v) is 23.6. The van der Waals surface area contributed by atoms with E-state index in [4.69, 9.17) is 19.5 Å². The number of carbonyl (C=O) groups excluding carboxylic acids is 2. The van der Waals surface area contributed by atoms with Crippen LogP contribution in [0.2, 0.25) is 0 Å². The first-order valence-corrected chi connectivity index (χ1v) is 14.2. The largest absolute Gasteiger partial charge is 0.490 e. The summed E-state index contributed by atoms with van der Waals surface area (Å²) in [6.07, 6.45) is 1.58. The molecule has 42 heavy (non-hydrogen) atoms. The average molecular weight is 616 g/mol. The van der Waals surface area contributed by atoms with Gasteiger partial charge in [-0.3, -0.25) is 14.6 Å². The van der Waals surface area contributed by atoms with Gasteiger partial charge in [-0.05, 0) is 55.4 Å². The number of rotatable bonds is 12. The molecule has 3 rings (SSSR count). The van der Waals surface area contributed by atoms with E-state index in [9.17, 15) is 32.7 Å². The molecule has 1 aromatic heterocycles. The van der Waals surface area contributed by atoms with Crippen LogP contribution in [0.15, 0.2) is 54.9 Å². The average Bonchev–Trinajstić information content (AvgIpc) is 3.43. The summed E-state index contributed by atoms with van der Waals surface area (Å²) in [5, 5.41) is 18.0. The summed E-state index contributed by atoms with van der Waals surface area (Å²) in [4.78, 5) is 58.1. The molecule has 230 valence electrons. The topological polar surface area (TPSA) is 147 Å². The van der Waals surface area contributed by atoms with Gasteiger partial charge in [0.1, 0.15) is 0 Å². The minimum atomic E-state index is -5.08. The number of aliphatic carboxylic acids is 2. The predicted molar refractivity (Wildman–Crippen MR) is 146 cm³/mol. The number of likely N-dealkylation sites (tertiary alicyclic amines) is 1. The molecule has 1 aliphatic heterocycles. The molecule has 0 aliphatic carbocycles. The van der Waals surface area contributed by atoms with Crippen molar-refractivity contribution in [2.24, 2.45) is 0 Å². The number of aromatic nitrogens is 1. The highest BCUT2D eigenvalue weighted by molar-refractivity contribution is 7.98. The molecule has 2 atom stereocenters. The monoisotopic (exact) mass is 615 g/mol. The Morgan fingerprint density at radius 1 is 1.14 bits per heavy atom. The Hall–Kier alpha value is -3.85. The van der Waals surface area contributed by atoms with Crippen LogP contribution in [0, 0.1) is 0 Å². The molecule has 1 saturated heterocycles. The fraction of sp³-hybridized carbons (Fsp3) is 0.444. The summed E-state index contributed by atoms with van der Waals surface area (Å²) < 4.78 is 37.1. The highest BCUT2D eigenvalue weighted by Gasteiger charge is 2.38. The van der Waals surface area contributed by atoms with Crippen molar-refractivity contribution in [1.82, 2.24) is 14.9 Å². The van der Waals surface area contributed by atoms with Crippen molar-refractivity contribution in [1.29, 1.82) is 0 Å². The molecule has 0 radical (unpaired) electrons. The standard InChI is InChI=1S/C25H31N3O6S.C2HF3O2/c1-35-16-13-22(24(30)31)28(23(29)12-11-19-7-3-2-4-8-19)33-18-20-9-6-15-27(20)25(32)34-21-10-5-14-26-17-21;3-2(4,5)1(6)7/h2-5,7-8,10,14,17,20,22H,6,9,11-13,15-16,18H2,1H3,(H,30,31);(H,6,7)/t20?,22-;/m0./s1. The van der Waals surface area contributed by atoms with Gasteiger partial charge in [-0.1, -0.05) is 30.3 Å². The molecule has 1 aromatic carbocycles. The minimum Gasteiger partial charge on any atom is -0.480 e. The van der Waals surface area contributed by atoms with Gasteiger partial charge in [-0.15, -0.1) is 0 Å². The number of pyridine rings is 1. The summed E-state index contributed by atoms with van der Waals surface area (Å²) >= 11 is 1.50. The molecular formula is C27H32F3N3O8S. The maximum atomic E-state index is 13.1. The van der Waals surface area contributed by atoms with E-state index in [1.807, 2.05) is 36.6 Å². The molecule has 2 N–H and O–H groups in total. The summed E-state index contributed by atoms with van der Waals surface area (Å²) in [6.45, 7) is 0.492. The maximum Gasteiger partial charge on any atom is 0.490 e. The van der Waals surface area contributed by atoms with Gasteiger partial charge in [-0.25, -0.2) is 19.4 Å². The SMILES string of the molecule is CSCC[C@@H](C(=O)O)N(OCC1CCCN1C(=O)Oc1cccnc1)C(=O)CCc1ccccc1.O=C(O)C(F)(F)F. The van der Waals surface area contributed by atoms with Crippen molar-refractivity contribution in [3.63, 3.8) is 0 Å². The van der Waals surface area contributed by atoms with Crippen LogP contribution in [-0.2, 0) is 25.6 Å². The smallest absolute Gasteiger partial charge is 0.480 e. The van der Waals surface area contributed by atoms with E-state index in [1.165, 1.54) is 18.0 Å². The van der Waals surface area contributed by atoms with Crippen molar-refractivity contribution < 1.29 is 52.1 Å². The number of hydroxylamine groups is 2. The van der Waals surface area contributed by atoms with Gasteiger partial charge >= 0.3 is 24.2 Å². The second-order valence-corrected chi connectivity index (χ2v) is 9.97. The molecule has 1 fully saturated rings. The molecule has 0 bridgehead atoms. The summed E-state index contributed by atoms with van der Waals surface area (Å²) in [7, 11) is 0. The van der Waals surface area contributed by atoms with Crippen molar-refractivity contribution in [2.45, 2.75) is 50.4 Å². The highest BCUT2D eigenvalue weighted by Crippen LogP contribution is 2.22. The van der Waals surface area contributed by atoms with Gasteiger partial charge in [0, 0.05) is 19.2 Å². The van der Waals surface area contributed by atoms with Crippen LogP contribution in [0.25, 0.3) is 0 Å². The number of carbonyl (C=O) groups is 4. The third kappa shape index (κ3) is 11.6. The third-order valence-corrected chi connectivity index (χ3v) is 6.62. The molecule has 11 nitrogen and oxygen atoms in total. The van der Waals surface area contributed by atoms with E-state index < -0.39 is 36.2 Å². The minimum absolute atomic E-state index is 0.00225. The Morgan fingerprint density at radius 2 is 1.83 bits per heavy atom. The van der Waals surface area contributed by atoms with E-state index in [-0.39, 0.29) is 25.5 Å². The number of aryl methyl sites for hydroxylation is 1. The second-order valence-electron chi connectivity index (χ2n) is 8.99. The maximum absolute atomic E-state index is 13.1. The Morgan fingerprint density at radius 3 is 2.40 bits per heavy atom. The van der Waals surface area contributed by atoms with Gasteiger partial charge in [0.2, 0.25) is 5.91 Å². The number of hydrogen-bond acceptors (Lipinski definition) is 8. The lowest BCUT2D eigenvalue weighted by Crippen LogP contribution is -2.48. The summed E-state index contributed by atoms with van der Waals surface area (Å²) in [6, 6.07) is 11.4. The van der Waals surface area contributed by atoms with Crippen LogP contribution in [-0.4, -0.2) is 92.5 Å². The molecule has 1 unspecified atom stereocenters. The lowest BCUT2D eigenvalue weighted by Gasteiger charge is -2.31. The number of ether oxygens (including phenoxy) is 1. The molecule has 0 saturated carbocycles. The molecule has 0 spiro atoms. The van der Waals surface area contributed by atoms with Crippen LogP contribution in [0.3, 0.4) is 0 Å². The number of benzene rings is 1. The number of carboxylic acids is 2. The van der Waals surface area contributed by atoms with Gasteiger partial charge < -0.3 is 19.8 Å². The fourth-order valence-electron chi connectivity index (χ4n) is 3.90. The van der Waals surface area contributed by atoms with Gasteiger partial charge in [0.05, 0.1) is 18.8 Å². The Bertz CT molecular complexity index is 1160. The lowest BCUT2D eigenvalue weighted by molar-refractivity contribution is -0.210. The van der Waals surface area contributed by atoms with Crippen molar-refractivity contribution in [3.05, 3.63) is 60.4 Å². The first kappa shape index (κ1) is 34.4. The molecule has 1 aliphatic rings. The first-order chi connectivity index (χ1) is 19.9. The van der Waals surface area contributed by atoms with Crippen LogP contribution >= 0.6 is 11.8 Å². The molecule has 2 aromatic rings. The Kier molecular flexibility index (Phi) is 14.1. The normalized spacial score (nSPS) is 15.2. The van der Waals surface area contributed by atoms with Crippen molar-refractivity contribution in [3.8, 4) is 5.75 Å². The highest BCUT2D eigenvalue weighted by atomic mass is 32.2. The summed E-state index contributed by atoms with van der Waals surface area (Å²) in [5.74, 6) is -3.37.